The van der Waals surface area contributed by atoms with Crippen LogP contribution in [-0.2, 0) is 11.3 Å². The van der Waals surface area contributed by atoms with E-state index in [0.717, 1.165) is 49.6 Å². The van der Waals surface area contributed by atoms with Gasteiger partial charge in [0.15, 0.2) is 0 Å². The van der Waals surface area contributed by atoms with Crippen molar-refractivity contribution < 1.29 is 9.53 Å². The Bertz CT molecular complexity index is 802. The number of anilines is 1. The van der Waals surface area contributed by atoms with Crippen molar-refractivity contribution in [2.75, 3.05) is 25.5 Å². The first-order valence-electron chi connectivity index (χ1n) is 11.5. The Morgan fingerprint density at radius 1 is 0.933 bits per heavy atom. The lowest BCUT2D eigenvalue weighted by molar-refractivity contribution is 0.0139. The molecule has 0 amide bonds. The number of rotatable bonds is 6. The summed E-state index contributed by atoms with van der Waals surface area (Å²) in [5.74, 6) is 0.539. The zero-order valence-corrected chi connectivity index (χ0v) is 18.1. The van der Waals surface area contributed by atoms with Crippen molar-refractivity contribution in [1.82, 2.24) is 4.90 Å². The van der Waals surface area contributed by atoms with E-state index in [1.54, 1.807) is 0 Å². The molecule has 0 spiro atoms. The van der Waals surface area contributed by atoms with Gasteiger partial charge in [-0.1, -0.05) is 43.5 Å². The fourth-order valence-corrected chi connectivity index (χ4v) is 4.59. The molecule has 0 unspecified atom stereocenters. The molecule has 0 aromatic heterocycles. The van der Waals surface area contributed by atoms with Gasteiger partial charge < -0.3 is 15.0 Å². The van der Waals surface area contributed by atoms with Crippen LogP contribution in [-0.4, -0.2) is 37.1 Å². The molecule has 4 nitrogen and oxygen atoms in total. The van der Waals surface area contributed by atoms with Gasteiger partial charge in [-0.25, -0.2) is 4.79 Å². The van der Waals surface area contributed by atoms with Crippen LogP contribution >= 0.6 is 0 Å². The second kappa shape index (κ2) is 10.1. The molecule has 4 heteroatoms. The zero-order chi connectivity index (χ0) is 20.8. The van der Waals surface area contributed by atoms with Crippen LogP contribution in [0.4, 0.5) is 5.69 Å². The smallest absolute Gasteiger partial charge is 0.338 e. The predicted molar refractivity (Wildman–Crippen MR) is 122 cm³/mol. The van der Waals surface area contributed by atoms with Crippen LogP contribution in [0.15, 0.2) is 48.5 Å². The summed E-state index contributed by atoms with van der Waals surface area (Å²) in [6.07, 6.45) is 8.68. The van der Waals surface area contributed by atoms with Crippen molar-refractivity contribution in [1.29, 1.82) is 0 Å². The van der Waals surface area contributed by atoms with E-state index in [4.69, 9.17) is 4.74 Å². The fraction of sp³-hybridized carbons (Fsp3) is 0.500. The number of benzene rings is 2. The van der Waals surface area contributed by atoms with E-state index in [-0.39, 0.29) is 12.1 Å². The summed E-state index contributed by atoms with van der Waals surface area (Å²) in [7, 11) is 2.11. The zero-order valence-electron chi connectivity index (χ0n) is 18.1. The lowest BCUT2D eigenvalue weighted by Crippen LogP contribution is -2.35. The molecule has 1 N–H and O–H groups in total. The summed E-state index contributed by atoms with van der Waals surface area (Å²) in [4.78, 5) is 14.7. The minimum Gasteiger partial charge on any atom is -0.459 e. The molecule has 2 aliphatic rings. The Kier molecular flexibility index (Phi) is 7.06. The highest BCUT2D eigenvalue weighted by Crippen LogP contribution is 2.33. The van der Waals surface area contributed by atoms with Gasteiger partial charge in [0.2, 0.25) is 0 Å². The second-order valence-corrected chi connectivity index (χ2v) is 8.92. The molecule has 0 atom stereocenters. The standard InChI is InChI=1S/C26H34N2O2/c1-28-17-15-25(16-18-28)30-26(29)23-9-7-20(8-10-23)19-27-24-13-11-22(12-14-24)21-5-3-2-4-6-21/h7-14,21,25,27H,2-6,15-19H2,1H3. The van der Waals surface area contributed by atoms with Crippen LogP contribution in [0.3, 0.4) is 0 Å². The van der Waals surface area contributed by atoms with Crippen LogP contribution < -0.4 is 5.32 Å². The monoisotopic (exact) mass is 406 g/mol. The summed E-state index contributed by atoms with van der Waals surface area (Å²) in [5.41, 5.74) is 4.41. The van der Waals surface area contributed by atoms with Crippen LogP contribution in [0, 0.1) is 0 Å². The predicted octanol–water partition coefficient (Wildman–Crippen LogP) is 5.60. The number of esters is 1. The van der Waals surface area contributed by atoms with Crippen molar-refractivity contribution in [3.63, 3.8) is 0 Å². The summed E-state index contributed by atoms with van der Waals surface area (Å²) >= 11 is 0. The first-order chi connectivity index (χ1) is 14.7. The number of carbonyl (C=O) groups excluding carboxylic acids is 1. The Morgan fingerprint density at radius 2 is 1.60 bits per heavy atom. The average molecular weight is 407 g/mol. The Morgan fingerprint density at radius 3 is 2.27 bits per heavy atom. The lowest BCUT2D eigenvalue weighted by Gasteiger charge is -2.28. The minimum absolute atomic E-state index is 0.0478. The van der Waals surface area contributed by atoms with Gasteiger partial charge in [0, 0.05) is 25.3 Å². The van der Waals surface area contributed by atoms with Crippen LogP contribution in [0.2, 0.25) is 0 Å². The van der Waals surface area contributed by atoms with Crippen LogP contribution in [0.5, 0.6) is 0 Å². The third-order valence-electron chi connectivity index (χ3n) is 6.61. The number of hydrogen-bond acceptors (Lipinski definition) is 4. The van der Waals surface area contributed by atoms with Gasteiger partial charge in [-0.05, 0) is 74.0 Å². The van der Waals surface area contributed by atoms with Gasteiger partial charge in [-0.15, -0.1) is 0 Å². The van der Waals surface area contributed by atoms with Gasteiger partial charge in [-0.2, -0.15) is 0 Å². The number of likely N-dealkylation sites (tertiary alicyclic amines) is 1. The van der Waals surface area contributed by atoms with Crippen molar-refractivity contribution in [3.8, 4) is 0 Å². The number of nitrogens with zero attached hydrogens (tertiary/aromatic N) is 1. The van der Waals surface area contributed by atoms with Gasteiger partial charge >= 0.3 is 5.97 Å². The van der Waals surface area contributed by atoms with E-state index in [9.17, 15) is 4.79 Å². The van der Waals surface area contributed by atoms with Crippen LogP contribution in [0.1, 0.15) is 72.3 Å². The average Bonchev–Trinajstić information content (AvgIpc) is 2.80. The highest BCUT2D eigenvalue weighted by Gasteiger charge is 2.21. The van der Waals surface area contributed by atoms with Crippen LogP contribution in [0.25, 0.3) is 0 Å². The van der Waals surface area contributed by atoms with Gasteiger partial charge in [0.25, 0.3) is 0 Å². The Balaban J connectivity index is 1.25. The summed E-state index contributed by atoms with van der Waals surface area (Å²) in [6.45, 7) is 2.72. The molecule has 2 aromatic rings. The van der Waals surface area contributed by atoms with Gasteiger partial charge in [-0.3, -0.25) is 0 Å². The van der Waals surface area contributed by atoms with Crippen molar-refractivity contribution in [2.24, 2.45) is 0 Å². The normalized spacial score (nSPS) is 18.8. The molecule has 4 rings (SSSR count). The minimum atomic E-state index is -0.206. The summed E-state index contributed by atoms with van der Waals surface area (Å²) in [6, 6.07) is 16.7. The van der Waals surface area contributed by atoms with E-state index in [2.05, 4.69) is 41.5 Å². The van der Waals surface area contributed by atoms with Gasteiger partial charge in [0.1, 0.15) is 6.10 Å². The lowest BCUT2D eigenvalue weighted by atomic mass is 9.84. The molecule has 1 heterocycles. The number of nitrogens with one attached hydrogen (secondary N) is 1. The van der Waals surface area contributed by atoms with E-state index < -0.39 is 0 Å². The number of ether oxygens (including phenoxy) is 1. The molecule has 30 heavy (non-hydrogen) atoms. The molecule has 1 saturated carbocycles. The maximum Gasteiger partial charge on any atom is 0.338 e. The quantitative estimate of drug-likeness (QED) is 0.634. The highest BCUT2D eigenvalue weighted by atomic mass is 16.5. The molecule has 1 aliphatic heterocycles. The van der Waals surface area contributed by atoms with Crippen molar-refractivity contribution >= 4 is 11.7 Å². The molecule has 160 valence electrons. The van der Waals surface area contributed by atoms with E-state index in [1.165, 1.54) is 37.7 Å². The van der Waals surface area contributed by atoms with E-state index in [0.29, 0.717) is 5.56 Å². The third kappa shape index (κ3) is 5.63. The first-order valence-corrected chi connectivity index (χ1v) is 11.5. The molecule has 1 aliphatic carbocycles. The maximum atomic E-state index is 12.4. The fourth-order valence-electron chi connectivity index (χ4n) is 4.59. The third-order valence-corrected chi connectivity index (χ3v) is 6.61. The molecular formula is C26H34N2O2. The largest absolute Gasteiger partial charge is 0.459 e. The Labute approximate surface area is 180 Å². The first kappa shape index (κ1) is 20.9. The molecule has 2 fully saturated rings. The van der Waals surface area contributed by atoms with E-state index in [1.807, 2.05) is 24.3 Å². The SMILES string of the molecule is CN1CCC(OC(=O)c2ccc(CNc3ccc(C4CCCCC4)cc3)cc2)CC1. The molecule has 1 saturated heterocycles. The number of carbonyl (C=O) groups is 1. The topological polar surface area (TPSA) is 41.6 Å². The number of hydrogen-bond donors (Lipinski definition) is 1. The number of piperidine rings is 1. The van der Waals surface area contributed by atoms with Gasteiger partial charge in [0.05, 0.1) is 5.56 Å². The van der Waals surface area contributed by atoms with E-state index >= 15 is 0 Å². The summed E-state index contributed by atoms with van der Waals surface area (Å²) in [5, 5.41) is 3.49. The molecule has 0 bridgehead atoms. The second-order valence-electron chi connectivity index (χ2n) is 8.92. The maximum absolute atomic E-state index is 12.4. The molecular weight excluding hydrogens is 372 g/mol. The Hall–Kier alpha value is -2.33. The molecule has 0 radical (unpaired) electrons. The molecule has 2 aromatic carbocycles. The highest BCUT2D eigenvalue weighted by molar-refractivity contribution is 5.89. The van der Waals surface area contributed by atoms with Crippen molar-refractivity contribution in [2.45, 2.75) is 63.5 Å². The van der Waals surface area contributed by atoms with Crippen molar-refractivity contribution in [3.05, 3.63) is 65.2 Å². The summed E-state index contributed by atoms with van der Waals surface area (Å²) < 4.78 is 5.67.